The van der Waals surface area contributed by atoms with Crippen molar-refractivity contribution in [2.24, 2.45) is 0 Å². The van der Waals surface area contributed by atoms with Crippen LogP contribution in [0.4, 0.5) is 11.4 Å². The van der Waals surface area contributed by atoms with Gasteiger partial charge in [-0.15, -0.1) is 0 Å². The number of nitrogens with zero attached hydrogens (tertiary/aromatic N) is 1. The van der Waals surface area contributed by atoms with E-state index in [1.165, 1.54) is 18.2 Å². The molecule has 0 heterocycles. The maximum absolute atomic E-state index is 11.7. The number of nitrogens with one attached hydrogen (secondary N) is 1. The number of sulfone groups is 1. The number of nitro groups is 1. The van der Waals surface area contributed by atoms with Crippen LogP contribution in [0.25, 0.3) is 0 Å². The average Bonchev–Trinajstić information content (AvgIpc) is 2.46. The molecular formula is C15H16N2O5S. The van der Waals surface area contributed by atoms with Crippen LogP contribution in [0.1, 0.15) is 5.56 Å². The van der Waals surface area contributed by atoms with E-state index < -0.39 is 20.4 Å². The van der Waals surface area contributed by atoms with Crippen LogP contribution in [0.5, 0.6) is 5.75 Å². The van der Waals surface area contributed by atoms with E-state index in [0.717, 1.165) is 11.8 Å². The van der Waals surface area contributed by atoms with Crippen LogP contribution in [-0.4, -0.2) is 31.2 Å². The van der Waals surface area contributed by atoms with Gasteiger partial charge in [-0.05, 0) is 36.2 Å². The topological polar surface area (TPSA) is 110 Å². The van der Waals surface area contributed by atoms with Crippen molar-refractivity contribution >= 4 is 21.2 Å². The molecule has 0 spiro atoms. The second-order valence-corrected chi connectivity index (χ2v) is 7.01. The van der Waals surface area contributed by atoms with Gasteiger partial charge >= 0.3 is 5.69 Å². The van der Waals surface area contributed by atoms with Crippen molar-refractivity contribution in [3.05, 3.63) is 58.1 Å². The van der Waals surface area contributed by atoms with Gasteiger partial charge in [-0.2, -0.15) is 0 Å². The summed E-state index contributed by atoms with van der Waals surface area (Å²) >= 11 is 0. The zero-order chi connectivity index (χ0) is 17.0. The minimum absolute atomic E-state index is 0.146. The highest BCUT2D eigenvalue weighted by atomic mass is 32.2. The predicted molar refractivity (Wildman–Crippen MR) is 86.5 cm³/mol. The van der Waals surface area contributed by atoms with Crippen LogP contribution in [0.3, 0.4) is 0 Å². The first-order valence-corrected chi connectivity index (χ1v) is 8.67. The number of aromatic hydroxyl groups is 1. The molecule has 122 valence electrons. The van der Waals surface area contributed by atoms with E-state index in [9.17, 15) is 23.6 Å². The average molecular weight is 336 g/mol. The van der Waals surface area contributed by atoms with E-state index in [-0.39, 0.29) is 16.3 Å². The fraction of sp³-hybridized carbons (Fsp3) is 0.200. The second-order valence-electron chi connectivity index (χ2n) is 5.03. The van der Waals surface area contributed by atoms with Gasteiger partial charge in [-0.1, -0.05) is 18.2 Å². The first kappa shape index (κ1) is 16.8. The van der Waals surface area contributed by atoms with E-state index >= 15 is 0 Å². The zero-order valence-electron chi connectivity index (χ0n) is 12.4. The molecule has 8 heteroatoms. The largest absolute Gasteiger partial charge is 0.508 e. The number of phenols is 1. The molecule has 23 heavy (non-hydrogen) atoms. The first-order valence-electron chi connectivity index (χ1n) is 6.78. The van der Waals surface area contributed by atoms with E-state index in [0.29, 0.717) is 13.0 Å². The van der Waals surface area contributed by atoms with Crippen LogP contribution < -0.4 is 5.32 Å². The number of para-hydroxylation sites is 1. The molecule has 7 nitrogen and oxygen atoms in total. The van der Waals surface area contributed by atoms with Gasteiger partial charge < -0.3 is 10.4 Å². The lowest BCUT2D eigenvalue weighted by Crippen LogP contribution is -2.10. The third-order valence-electron chi connectivity index (χ3n) is 3.22. The summed E-state index contributed by atoms with van der Waals surface area (Å²) in [7, 11) is -3.70. The summed E-state index contributed by atoms with van der Waals surface area (Å²) in [5.41, 5.74) is 0.559. The van der Waals surface area contributed by atoms with Crippen molar-refractivity contribution < 1.29 is 18.4 Å². The van der Waals surface area contributed by atoms with Crippen LogP contribution in [0.2, 0.25) is 0 Å². The Labute approximate surface area is 133 Å². The van der Waals surface area contributed by atoms with Crippen LogP contribution in [0, 0.1) is 10.1 Å². The molecule has 0 aliphatic rings. The van der Waals surface area contributed by atoms with Crippen molar-refractivity contribution in [3.8, 4) is 5.75 Å². The van der Waals surface area contributed by atoms with Gasteiger partial charge in [0.15, 0.2) is 9.84 Å². The van der Waals surface area contributed by atoms with Gasteiger partial charge in [-0.3, -0.25) is 10.1 Å². The van der Waals surface area contributed by atoms with E-state index in [1.54, 1.807) is 18.2 Å². The Bertz CT molecular complexity index is 834. The van der Waals surface area contributed by atoms with Gasteiger partial charge in [0.1, 0.15) is 16.3 Å². The van der Waals surface area contributed by atoms with Crippen LogP contribution >= 0.6 is 0 Å². The number of phenolic OH excluding ortho intramolecular Hbond substituents is 1. The fourth-order valence-electron chi connectivity index (χ4n) is 2.21. The lowest BCUT2D eigenvalue weighted by molar-refractivity contribution is -0.386. The van der Waals surface area contributed by atoms with Crippen LogP contribution in [0.15, 0.2) is 47.4 Å². The number of rotatable bonds is 6. The predicted octanol–water partition coefficient (Wildman–Crippen LogP) is 2.36. The van der Waals surface area contributed by atoms with Crippen molar-refractivity contribution in [1.82, 2.24) is 0 Å². The minimum atomic E-state index is -3.70. The smallest absolute Gasteiger partial charge is 0.310 e. The SMILES string of the molecule is CS(=O)(=O)c1cccc(NCCc2cccc(O)c2)c1[N+](=O)[O-]. The van der Waals surface area contributed by atoms with Crippen molar-refractivity contribution in [1.29, 1.82) is 0 Å². The Balaban J connectivity index is 2.21. The number of anilines is 1. The molecule has 0 unspecified atom stereocenters. The summed E-state index contributed by atoms with van der Waals surface area (Å²) in [6.45, 7) is 0.359. The normalized spacial score (nSPS) is 11.2. The molecule has 2 aromatic carbocycles. The molecule has 0 aliphatic carbocycles. The van der Waals surface area contributed by atoms with E-state index in [1.807, 2.05) is 6.07 Å². The van der Waals surface area contributed by atoms with Gasteiger partial charge in [0.2, 0.25) is 0 Å². The molecule has 0 aliphatic heterocycles. The molecule has 0 radical (unpaired) electrons. The maximum Gasteiger partial charge on any atom is 0.310 e. The lowest BCUT2D eigenvalue weighted by Gasteiger charge is -2.09. The molecule has 2 rings (SSSR count). The summed E-state index contributed by atoms with van der Waals surface area (Å²) in [6.07, 6.45) is 1.46. The molecule has 0 saturated heterocycles. The highest BCUT2D eigenvalue weighted by Crippen LogP contribution is 2.31. The molecule has 0 atom stereocenters. The Kier molecular flexibility index (Phi) is 4.85. The lowest BCUT2D eigenvalue weighted by atomic mass is 10.1. The van der Waals surface area contributed by atoms with Gasteiger partial charge in [0.05, 0.1) is 4.92 Å². The number of benzene rings is 2. The molecule has 0 aromatic heterocycles. The standard InChI is InChI=1S/C15H16N2O5S/c1-23(21,22)14-7-3-6-13(15(14)17(19)20)16-9-8-11-4-2-5-12(18)10-11/h2-7,10,16,18H,8-9H2,1H3. The third kappa shape index (κ3) is 4.19. The minimum Gasteiger partial charge on any atom is -0.508 e. The summed E-state index contributed by atoms with van der Waals surface area (Å²) in [4.78, 5) is 10.2. The van der Waals surface area contributed by atoms with E-state index in [4.69, 9.17) is 0 Å². The summed E-state index contributed by atoms with van der Waals surface area (Å²) in [5, 5.41) is 23.5. The Morgan fingerprint density at radius 2 is 1.91 bits per heavy atom. The summed E-state index contributed by atoms with van der Waals surface area (Å²) < 4.78 is 23.4. The Morgan fingerprint density at radius 1 is 1.22 bits per heavy atom. The number of hydrogen-bond acceptors (Lipinski definition) is 6. The Morgan fingerprint density at radius 3 is 2.52 bits per heavy atom. The van der Waals surface area contributed by atoms with Crippen molar-refractivity contribution in [2.45, 2.75) is 11.3 Å². The van der Waals surface area contributed by atoms with E-state index in [2.05, 4.69) is 5.32 Å². The third-order valence-corrected chi connectivity index (χ3v) is 4.35. The Hall–Kier alpha value is -2.61. The molecule has 0 saturated carbocycles. The van der Waals surface area contributed by atoms with Gasteiger partial charge in [0, 0.05) is 12.8 Å². The summed E-state index contributed by atoms with van der Waals surface area (Å²) in [5.74, 6) is 0.146. The summed E-state index contributed by atoms with van der Waals surface area (Å²) in [6, 6.07) is 10.8. The second kappa shape index (κ2) is 6.66. The van der Waals surface area contributed by atoms with Gasteiger partial charge in [-0.25, -0.2) is 8.42 Å². The zero-order valence-corrected chi connectivity index (χ0v) is 13.2. The number of hydrogen-bond donors (Lipinski definition) is 2. The molecule has 2 aromatic rings. The van der Waals surface area contributed by atoms with Crippen molar-refractivity contribution in [2.75, 3.05) is 18.1 Å². The molecular weight excluding hydrogens is 320 g/mol. The fourth-order valence-corrected chi connectivity index (χ4v) is 3.07. The van der Waals surface area contributed by atoms with Gasteiger partial charge in [0.25, 0.3) is 0 Å². The first-order chi connectivity index (χ1) is 10.8. The highest BCUT2D eigenvalue weighted by Gasteiger charge is 2.25. The van der Waals surface area contributed by atoms with Crippen LogP contribution in [-0.2, 0) is 16.3 Å². The highest BCUT2D eigenvalue weighted by molar-refractivity contribution is 7.90. The maximum atomic E-state index is 11.7. The molecule has 0 amide bonds. The molecule has 0 bridgehead atoms. The quantitative estimate of drug-likeness (QED) is 0.619. The van der Waals surface area contributed by atoms with Crippen molar-refractivity contribution in [3.63, 3.8) is 0 Å². The molecule has 0 fully saturated rings. The monoisotopic (exact) mass is 336 g/mol. The number of nitro benzene ring substituents is 1. The molecule has 2 N–H and O–H groups in total.